The van der Waals surface area contributed by atoms with Crippen molar-refractivity contribution in [2.45, 2.75) is 39.5 Å². The van der Waals surface area contributed by atoms with E-state index in [4.69, 9.17) is 0 Å². The Morgan fingerprint density at radius 3 is 2.44 bits per heavy atom. The van der Waals surface area contributed by atoms with Gasteiger partial charge in [-0.15, -0.1) is 0 Å². The topological polar surface area (TPSA) is 6.48 Å². The van der Waals surface area contributed by atoms with Gasteiger partial charge in [-0.3, -0.25) is 0 Å². The molecule has 2 nitrogen and oxygen atoms in total. The van der Waals surface area contributed by atoms with Crippen LogP contribution in [0.3, 0.4) is 0 Å². The van der Waals surface area contributed by atoms with Crippen LogP contribution in [0.1, 0.15) is 39.5 Å². The van der Waals surface area contributed by atoms with Crippen LogP contribution in [0.2, 0.25) is 0 Å². The van der Waals surface area contributed by atoms with Gasteiger partial charge in [0.05, 0.1) is 0 Å². The summed E-state index contributed by atoms with van der Waals surface area (Å²) >= 11 is 0. The fourth-order valence-electron chi connectivity index (χ4n) is 3.20. The molecule has 0 radical (unpaired) electrons. The minimum atomic E-state index is 0.946. The molecule has 2 aliphatic rings. The third-order valence-corrected chi connectivity index (χ3v) is 4.44. The first-order valence-electron chi connectivity index (χ1n) is 7.22. The molecule has 2 fully saturated rings. The molecule has 0 aromatic rings. The highest BCUT2D eigenvalue weighted by Crippen LogP contribution is 2.21. The number of piperidine rings is 2. The second kappa shape index (κ2) is 6.02. The number of rotatable bonds is 3. The van der Waals surface area contributed by atoms with Crippen LogP contribution in [-0.2, 0) is 0 Å². The summed E-state index contributed by atoms with van der Waals surface area (Å²) in [6, 6.07) is 0. The highest BCUT2D eigenvalue weighted by Gasteiger charge is 2.23. The molecule has 16 heavy (non-hydrogen) atoms. The summed E-state index contributed by atoms with van der Waals surface area (Å²) in [6.07, 6.45) is 5.72. The molecule has 0 amide bonds. The minimum absolute atomic E-state index is 0.946. The molecule has 1 unspecified atom stereocenters. The smallest absolute Gasteiger partial charge is 0.00219 e. The van der Waals surface area contributed by atoms with Crippen molar-refractivity contribution >= 4 is 0 Å². The fraction of sp³-hybridized carbons (Fsp3) is 1.00. The van der Waals surface area contributed by atoms with E-state index in [-0.39, 0.29) is 0 Å². The molecular weight excluding hydrogens is 196 g/mol. The van der Waals surface area contributed by atoms with E-state index in [0.717, 1.165) is 11.8 Å². The zero-order chi connectivity index (χ0) is 11.4. The minimum Gasteiger partial charge on any atom is -0.303 e. The molecule has 2 saturated heterocycles. The van der Waals surface area contributed by atoms with Crippen molar-refractivity contribution in [2.75, 3.05) is 39.3 Å². The van der Waals surface area contributed by atoms with Crippen molar-refractivity contribution in [2.24, 2.45) is 11.8 Å². The van der Waals surface area contributed by atoms with Crippen LogP contribution in [-0.4, -0.2) is 49.1 Å². The largest absolute Gasteiger partial charge is 0.303 e. The van der Waals surface area contributed by atoms with Crippen molar-refractivity contribution in [3.05, 3.63) is 0 Å². The zero-order valence-electron chi connectivity index (χ0n) is 11.1. The van der Waals surface area contributed by atoms with Crippen molar-refractivity contribution in [3.63, 3.8) is 0 Å². The molecule has 2 rings (SSSR count). The van der Waals surface area contributed by atoms with E-state index in [9.17, 15) is 0 Å². The molecule has 2 aliphatic heterocycles. The monoisotopic (exact) mass is 224 g/mol. The molecule has 1 atom stereocenters. The van der Waals surface area contributed by atoms with Gasteiger partial charge in [0.2, 0.25) is 0 Å². The van der Waals surface area contributed by atoms with Crippen LogP contribution in [0.25, 0.3) is 0 Å². The van der Waals surface area contributed by atoms with Gasteiger partial charge in [-0.05, 0) is 63.7 Å². The first-order chi connectivity index (χ1) is 7.78. The Balaban J connectivity index is 1.72. The SMILES string of the molecule is CCN1CCCC(CN2CCC(C)CC2)C1. The quantitative estimate of drug-likeness (QED) is 0.726. The molecule has 0 bridgehead atoms. The molecule has 2 heterocycles. The summed E-state index contributed by atoms with van der Waals surface area (Å²) in [4.78, 5) is 5.34. The van der Waals surface area contributed by atoms with Crippen LogP contribution in [0.5, 0.6) is 0 Å². The van der Waals surface area contributed by atoms with Crippen molar-refractivity contribution < 1.29 is 0 Å². The number of hydrogen-bond acceptors (Lipinski definition) is 2. The molecule has 0 spiro atoms. The maximum absolute atomic E-state index is 2.71. The third kappa shape index (κ3) is 3.46. The lowest BCUT2D eigenvalue weighted by molar-refractivity contribution is 0.115. The Labute approximate surface area is 101 Å². The third-order valence-electron chi connectivity index (χ3n) is 4.44. The van der Waals surface area contributed by atoms with Gasteiger partial charge in [-0.2, -0.15) is 0 Å². The van der Waals surface area contributed by atoms with E-state index in [1.807, 2.05) is 0 Å². The molecule has 0 N–H and O–H groups in total. The molecule has 2 heteroatoms. The maximum atomic E-state index is 2.71. The van der Waals surface area contributed by atoms with E-state index in [2.05, 4.69) is 23.6 Å². The fourth-order valence-corrected chi connectivity index (χ4v) is 3.20. The Morgan fingerprint density at radius 1 is 1.00 bits per heavy atom. The number of likely N-dealkylation sites (tertiary alicyclic amines) is 2. The van der Waals surface area contributed by atoms with Crippen LogP contribution < -0.4 is 0 Å². The summed E-state index contributed by atoms with van der Waals surface area (Å²) in [5.41, 5.74) is 0. The molecular formula is C14H28N2. The Morgan fingerprint density at radius 2 is 1.75 bits per heavy atom. The van der Waals surface area contributed by atoms with E-state index >= 15 is 0 Å². The van der Waals surface area contributed by atoms with Gasteiger partial charge in [0.1, 0.15) is 0 Å². The van der Waals surface area contributed by atoms with Crippen molar-refractivity contribution in [3.8, 4) is 0 Å². The normalized spacial score (nSPS) is 30.8. The summed E-state index contributed by atoms with van der Waals surface area (Å²) in [5, 5.41) is 0. The second-order valence-electron chi connectivity index (χ2n) is 5.88. The van der Waals surface area contributed by atoms with E-state index in [1.54, 1.807) is 0 Å². The lowest BCUT2D eigenvalue weighted by Crippen LogP contribution is -2.43. The molecule has 0 aliphatic carbocycles. The molecule has 0 aromatic heterocycles. The lowest BCUT2D eigenvalue weighted by atomic mass is 9.94. The second-order valence-corrected chi connectivity index (χ2v) is 5.88. The first-order valence-corrected chi connectivity index (χ1v) is 7.22. The van der Waals surface area contributed by atoms with Gasteiger partial charge >= 0.3 is 0 Å². The summed E-state index contributed by atoms with van der Waals surface area (Å²) in [7, 11) is 0. The molecule has 0 saturated carbocycles. The predicted molar refractivity (Wildman–Crippen MR) is 69.7 cm³/mol. The Hall–Kier alpha value is -0.0800. The summed E-state index contributed by atoms with van der Waals surface area (Å²) < 4.78 is 0. The van der Waals surface area contributed by atoms with Crippen LogP contribution in [0.4, 0.5) is 0 Å². The molecule has 94 valence electrons. The number of hydrogen-bond donors (Lipinski definition) is 0. The number of nitrogens with zero attached hydrogens (tertiary/aromatic N) is 2. The van der Waals surface area contributed by atoms with E-state index < -0.39 is 0 Å². The van der Waals surface area contributed by atoms with E-state index in [1.165, 1.54) is 65.0 Å². The highest BCUT2D eigenvalue weighted by atomic mass is 15.2. The Bertz CT molecular complexity index is 197. The van der Waals surface area contributed by atoms with Gasteiger partial charge in [0, 0.05) is 13.1 Å². The van der Waals surface area contributed by atoms with Gasteiger partial charge in [0.25, 0.3) is 0 Å². The summed E-state index contributed by atoms with van der Waals surface area (Å²) in [5.74, 6) is 1.91. The highest BCUT2D eigenvalue weighted by molar-refractivity contribution is 4.77. The van der Waals surface area contributed by atoms with Crippen LogP contribution in [0.15, 0.2) is 0 Å². The Kier molecular flexibility index (Phi) is 4.66. The standard InChI is InChI=1S/C14H28N2/c1-3-15-8-4-5-14(11-15)12-16-9-6-13(2)7-10-16/h13-14H,3-12H2,1-2H3. The van der Waals surface area contributed by atoms with Gasteiger partial charge in [-0.1, -0.05) is 13.8 Å². The van der Waals surface area contributed by atoms with Crippen LogP contribution >= 0.6 is 0 Å². The first kappa shape index (κ1) is 12.4. The van der Waals surface area contributed by atoms with Gasteiger partial charge in [-0.25, -0.2) is 0 Å². The predicted octanol–water partition coefficient (Wildman–Crippen LogP) is 2.45. The molecule has 0 aromatic carbocycles. The van der Waals surface area contributed by atoms with E-state index in [0.29, 0.717) is 0 Å². The van der Waals surface area contributed by atoms with Crippen LogP contribution in [0, 0.1) is 11.8 Å². The average Bonchev–Trinajstić information content (AvgIpc) is 2.32. The average molecular weight is 224 g/mol. The van der Waals surface area contributed by atoms with Gasteiger partial charge < -0.3 is 9.80 Å². The summed E-state index contributed by atoms with van der Waals surface area (Å²) in [6.45, 7) is 12.7. The van der Waals surface area contributed by atoms with Gasteiger partial charge in [0.15, 0.2) is 0 Å². The lowest BCUT2D eigenvalue weighted by Gasteiger charge is -2.37. The maximum Gasteiger partial charge on any atom is 0.00219 e. The van der Waals surface area contributed by atoms with Crippen molar-refractivity contribution in [1.82, 2.24) is 9.80 Å². The zero-order valence-corrected chi connectivity index (χ0v) is 11.1. The van der Waals surface area contributed by atoms with Crippen molar-refractivity contribution in [1.29, 1.82) is 0 Å².